The fraction of sp³-hybridized carbons (Fsp3) is 0.533. The Morgan fingerprint density at radius 3 is 2.78 bits per heavy atom. The number of carbonyl (C=O) groups excluding carboxylic acids is 1. The van der Waals surface area contributed by atoms with Crippen LogP contribution in [-0.4, -0.2) is 35.6 Å². The number of benzene rings is 1. The molecular weight excluding hydrogens is 226 g/mol. The Labute approximate surface area is 108 Å². The highest BCUT2D eigenvalue weighted by Gasteiger charge is 2.28. The van der Waals surface area contributed by atoms with Crippen LogP contribution in [0.2, 0.25) is 0 Å². The van der Waals surface area contributed by atoms with E-state index in [4.69, 9.17) is 5.11 Å². The molecule has 2 rings (SSSR count). The summed E-state index contributed by atoms with van der Waals surface area (Å²) in [6.07, 6.45) is 2.73. The van der Waals surface area contributed by atoms with Gasteiger partial charge in [0.05, 0.1) is 12.6 Å². The van der Waals surface area contributed by atoms with Crippen molar-refractivity contribution in [1.82, 2.24) is 4.90 Å². The fourth-order valence-corrected chi connectivity index (χ4v) is 2.54. The number of nitrogens with zero attached hydrogens (tertiary/aromatic N) is 1. The van der Waals surface area contributed by atoms with E-state index in [0.717, 1.165) is 19.3 Å². The van der Waals surface area contributed by atoms with Crippen LogP contribution < -0.4 is 0 Å². The number of aliphatic hydroxyl groups is 1. The standard InChI is InChI=1S/C15H21NO2/c1-11(10-17)16(2)15(18)14-8-7-12-5-3-4-6-13(12)9-14/h3-6,11,14,17H,7-10H2,1-2H3. The highest BCUT2D eigenvalue weighted by molar-refractivity contribution is 5.79. The highest BCUT2D eigenvalue weighted by Crippen LogP contribution is 2.26. The van der Waals surface area contributed by atoms with Crippen molar-refractivity contribution in [3.63, 3.8) is 0 Å². The summed E-state index contributed by atoms with van der Waals surface area (Å²) in [5, 5.41) is 9.12. The lowest BCUT2D eigenvalue weighted by atomic mass is 9.83. The van der Waals surface area contributed by atoms with E-state index in [2.05, 4.69) is 18.2 Å². The van der Waals surface area contributed by atoms with E-state index < -0.39 is 0 Å². The molecule has 98 valence electrons. The molecule has 3 heteroatoms. The van der Waals surface area contributed by atoms with Crippen LogP contribution in [0.15, 0.2) is 24.3 Å². The number of hydrogen-bond donors (Lipinski definition) is 1. The van der Waals surface area contributed by atoms with Gasteiger partial charge in [-0.3, -0.25) is 4.79 Å². The molecule has 0 fully saturated rings. The van der Waals surface area contributed by atoms with Crippen LogP contribution in [0, 0.1) is 5.92 Å². The molecule has 1 aromatic rings. The van der Waals surface area contributed by atoms with Gasteiger partial charge in [0, 0.05) is 13.0 Å². The van der Waals surface area contributed by atoms with E-state index in [-0.39, 0.29) is 24.5 Å². The first-order valence-corrected chi connectivity index (χ1v) is 6.57. The van der Waals surface area contributed by atoms with Gasteiger partial charge in [-0.05, 0) is 37.3 Å². The van der Waals surface area contributed by atoms with Crippen LogP contribution in [0.1, 0.15) is 24.5 Å². The lowest BCUT2D eigenvalue weighted by Crippen LogP contribution is -2.42. The van der Waals surface area contributed by atoms with E-state index in [0.29, 0.717) is 0 Å². The molecule has 0 saturated heterocycles. The predicted octanol–water partition coefficient (Wildman–Crippen LogP) is 1.63. The van der Waals surface area contributed by atoms with Gasteiger partial charge in [0.25, 0.3) is 0 Å². The molecule has 1 aliphatic rings. The number of fused-ring (bicyclic) bond motifs is 1. The van der Waals surface area contributed by atoms with Crippen LogP contribution in [-0.2, 0) is 17.6 Å². The maximum atomic E-state index is 12.3. The van der Waals surface area contributed by atoms with Crippen molar-refractivity contribution in [2.45, 2.75) is 32.2 Å². The third-order valence-corrected chi connectivity index (χ3v) is 3.97. The number of hydrogen-bond acceptors (Lipinski definition) is 2. The van der Waals surface area contributed by atoms with Gasteiger partial charge in [0.2, 0.25) is 5.91 Å². The first-order chi connectivity index (χ1) is 8.63. The van der Waals surface area contributed by atoms with Gasteiger partial charge in [-0.15, -0.1) is 0 Å². The molecule has 1 N–H and O–H groups in total. The Bertz CT molecular complexity index is 430. The van der Waals surface area contributed by atoms with Crippen molar-refractivity contribution in [3.8, 4) is 0 Å². The topological polar surface area (TPSA) is 40.5 Å². The second-order valence-corrected chi connectivity index (χ2v) is 5.19. The van der Waals surface area contributed by atoms with E-state index >= 15 is 0 Å². The molecule has 18 heavy (non-hydrogen) atoms. The Morgan fingerprint density at radius 1 is 1.44 bits per heavy atom. The third kappa shape index (κ3) is 2.56. The van der Waals surface area contributed by atoms with Gasteiger partial charge in [-0.1, -0.05) is 24.3 Å². The van der Waals surface area contributed by atoms with Gasteiger partial charge >= 0.3 is 0 Å². The Balaban J connectivity index is 2.07. The van der Waals surface area contributed by atoms with Crippen molar-refractivity contribution in [2.24, 2.45) is 5.92 Å². The molecule has 0 spiro atoms. The van der Waals surface area contributed by atoms with Crippen molar-refractivity contribution in [3.05, 3.63) is 35.4 Å². The lowest BCUT2D eigenvalue weighted by Gasteiger charge is -2.30. The monoisotopic (exact) mass is 247 g/mol. The fourth-order valence-electron chi connectivity index (χ4n) is 2.54. The number of likely N-dealkylation sites (N-methyl/N-ethyl adjacent to an activating group) is 1. The molecule has 2 unspecified atom stereocenters. The Morgan fingerprint density at radius 2 is 2.11 bits per heavy atom. The molecule has 0 radical (unpaired) electrons. The predicted molar refractivity (Wildman–Crippen MR) is 71.3 cm³/mol. The van der Waals surface area contributed by atoms with Gasteiger partial charge < -0.3 is 10.0 Å². The van der Waals surface area contributed by atoms with Gasteiger partial charge in [0.1, 0.15) is 0 Å². The molecule has 1 aromatic carbocycles. The summed E-state index contributed by atoms with van der Waals surface area (Å²) in [7, 11) is 1.78. The second-order valence-electron chi connectivity index (χ2n) is 5.19. The normalized spacial score (nSPS) is 20.1. The molecular formula is C15H21NO2. The first kappa shape index (κ1) is 13.1. The van der Waals surface area contributed by atoms with Gasteiger partial charge in [0.15, 0.2) is 0 Å². The largest absolute Gasteiger partial charge is 0.394 e. The highest BCUT2D eigenvalue weighted by atomic mass is 16.3. The Kier molecular flexibility index (Phi) is 4.02. The van der Waals surface area contributed by atoms with Crippen LogP contribution in [0.3, 0.4) is 0 Å². The van der Waals surface area contributed by atoms with Crippen molar-refractivity contribution >= 4 is 5.91 Å². The summed E-state index contributed by atoms with van der Waals surface area (Å²) in [4.78, 5) is 14.0. The number of aryl methyl sites for hydroxylation is 1. The minimum atomic E-state index is -0.102. The van der Waals surface area contributed by atoms with E-state index in [1.165, 1.54) is 11.1 Å². The summed E-state index contributed by atoms with van der Waals surface area (Å²) < 4.78 is 0. The summed E-state index contributed by atoms with van der Waals surface area (Å²) in [6, 6.07) is 8.25. The smallest absolute Gasteiger partial charge is 0.226 e. The van der Waals surface area contributed by atoms with E-state index in [1.54, 1.807) is 11.9 Å². The number of carbonyl (C=O) groups is 1. The maximum absolute atomic E-state index is 12.3. The van der Waals surface area contributed by atoms with Crippen molar-refractivity contribution in [1.29, 1.82) is 0 Å². The molecule has 1 amide bonds. The second kappa shape index (κ2) is 5.53. The number of amides is 1. The average molecular weight is 247 g/mol. The zero-order valence-corrected chi connectivity index (χ0v) is 11.1. The third-order valence-electron chi connectivity index (χ3n) is 3.97. The molecule has 0 heterocycles. The number of aliphatic hydroxyl groups excluding tert-OH is 1. The SMILES string of the molecule is CC(CO)N(C)C(=O)C1CCc2ccccc2C1. The molecule has 0 saturated carbocycles. The quantitative estimate of drug-likeness (QED) is 0.882. The molecule has 0 aromatic heterocycles. The maximum Gasteiger partial charge on any atom is 0.226 e. The van der Waals surface area contributed by atoms with Crippen LogP contribution in [0.5, 0.6) is 0 Å². The summed E-state index contributed by atoms with van der Waals surface area (Å²) in [5.74, 6) is 0.227. The van der Waals surface area contributed by atoms with Gasteiger partial charge in [-0.2, -0.15) is 0 Å². The van der Waals surface area contributed by atoms with Crippen molar-refractivity contribution < 1.29 is 9.90 Å². The van der Waals surface area contributed by atoms with Crippen LogP contribution in [0.25, 0.3) is 0 Å². The Hall–Kier alpha value is -1.35. The zero-order valence-electron chi connectivity index (χ0n) is 11.1. The summed E-state index contributed by atoms with van der Waals surface area (Å²) in [6.45, 7) is 1.89. The first-order valence-electron chi connectivity index (χ1n) is 6.57. The number of rotatable bonds is 3. The van der Waals surface area contributed by atoms with Crippen LogP contribution in [0.4, 0.5) is 0 Å². The molecule has 3 nitrogen and oxygen atoms in total. The summed E-state index contributed by atoms with van der Waals surface area (Å²) in [5.41, 5.74) is 2.67. The molecule has 2 atom stereocenters. The minimum absolute atomic E-state index is 0.0194. The minimum Gasteiger partial charge on any atom is -0.394 e. The van der Waals surface area contributed by atoms with Gasteiger partial charge in [-0.25, -0.2) is 0 Å². The lowest BCUT2D eigenvalue weighted by molar-refractivity contribution is -0.137. The van der Waals surface area contributed by atoms with E-state index in [9.17, 15) is 4.79 Å². The van der Waals surface area contributed by atoms with Crippen molar-refractivity contribution in [2.75, 3.05) is 13.7 Å². The van der Waals surface area contributed by atoms with Crippen LogP contribution >= 0.6 is 0 Å². The molecule has 0 aliphatic heterocycles. The summed E-state index contributed by atoms with van der Waals surface area (Å²) >= 11 is 0. The molecule has 0 bridgehead atoms. The average Bonchev–Trinajstić information content (AvgIpc) is 2.44. The molecule has 1 aliphatic carbocycles. The zero-order chi connectivity index (χ0) is 13.1. The van der Waals surface area contributed by atoms with E-state index in [1.807, 2.05) is 13.0 Å².